The normalized spacial score (nSPS) is 10.6. The monoisotopic (exact) mass is 348 g/mol. The molecule has 0 bridgehead atoms. The molecule has 0 fully saturated rings. The van der Waals surface area contributed by atoms with Crippen molar-refractivity contribution in [3.63, 3.8) is 0 Å². The molecule has 0 unspecified atom stereocenters. The third kappa shape index (κ3) is 6.83. The Balaban J connectivity index is 2.01. The van der Waals surface area contributed by atoms with E-state index in [1.807, 2.05) is 12.3 Å². The number of unbranched alkanes of at least 4 members (excludes halogenated alkanes) is 3. The summed E-state index contributed by atoms with van der Waals surface area (Å²) in [5, 5.41) is 3.38. The molecule has 4 heteroatoms. The third-order valence-corrected chi connectivity index (χ3v) is 3.43. The molecule has 96 valence electrons. The van der Waals surface area contributed by atoms with E-state index in [0.29, 0.717) is 0 Å². The summed E-state index contributed by atoms with van der Waals surface area (Å²) in [6.45, 7) is 2.69. The molecule has 0 saturated heterocycles. The molecule has 1 rings (SSSR count). The highest BCUT2D eigenvalue weighted by atomic mass is 127. The Morgan fingerprint density at radius 2 is 1.94 bits per heavy atom. The van der Waals surface area contributed by atoms with Crippen LogP contribution in [0.3, 0.4) is 0 Å². The molecule has 1 aromatic heterocycles. The van der Waals surface area contributed by atoms with Gasteiger partial charge in [0, 0.05) is 25.4 Å². The van der Waals surface area contributed by atoms with Crippen LogP contribution in [0.1, 0.15) is 25.7 Å². The Labute approximate surface area is 117 Å². The average molecular weight is 348 g/mol. The van der Waals surface area contributed by atoms with Gasteiger partial charge in [-0.25, -0.2) is 0 Å². The summed E-state index contributed by atoms with van der Waals surface area (Å²) in [4.78, 5) is 11.4. The first-order valence-corrected chi connectivity index (χ1v) is 7.79. The lowest BCUT2D eigenvalue weighted by atomic mass is 10.2. The van der Waals surface area contributed by atoms with Gasteiger partial charge in [-0.1, -0.05) is 41.5 Å². The Bertz CT molecular complexity index is 351. The highest BCUT2D eigenvalue weighted by Gasteiger charge is 1.93. The molecule has 1 N–H and O–H groups in total. The quantitative estimate of drug-likeness (QED) is 0.423. The second kappa shape index (κ2) is 9.65. The van der Waals surface area contributed by atoms with Crippen LogP contribution in [-0.2, 0) is 6.54 Å². The molecule has 1 heterocycles. The fourth-order valence-electron chi connectivity index (χ4n) is 1.67. The zero-order valence-electron chi connectivity index (χ0n) is 10.2. The van der Waals surface area contributed by atoms with E-state index < -0.39 is 0 Å². The number of nitrogens with one attached hydrogen (secondary N) is 1. The molecular weight excluding hydrogens is 327 g/mol. The largest absolute Gasteiger partial charge is 0.315 e. The SMILES string of the molecule is O=c1ccccn1CCNCCCCCCI. The number of aromatic nitrogens is 1. The molecular formula is C13H21IN2O. The molecule has 0 aliphatic heterocycles. The van der Waals surface area contributed by atoms with Crippen molar-refractivity contribution >= 4 is 22.6 Å². The third-order valence-electron chi connectivity index (χ3n) is 2.67. The van der Waals surface area contributed by atoms with E-state index in [1.54, 1.807) is 16.7 Å². The molecule has 0 radical (unpaired) electrons. The Hall–Kier alpha value is -0.360. The lowest BCUT2D eigenvalue weighted by molar-refractivity contribution is 0.555. The number of nitrogens with zero attached hydrogens (tertiary/aromatic N) is 1. The van der Waals surface area contributed by atoms with Crippen LogP contribution in [0.5, 0.6) is 0 Å². The summed E-state index contributed by atoms with van der Waals surface area (Å²) in [5.41, 5.74) is 0.0799. The zero-order valence-corrected chi connectivity index (χ0v) is 12.4. The molecule has 0 aliphatic carbocycles. The van der Waals surface area contributed by atoms with E-state index in [0.717, 1.165) is 19.6 Å². The molecule has 1 aromatic rings. The Kier molecular flexibility index (Phi) is 8.34. The van der Waals surface area contributed by atoms with Crippen LogP contribution in [0.2, 0.25) is 0 Å². The van der Waals surface area contributed by atoms with Crippen molar-refractivity contribution in [2.24, 2.45) is 0 Å². The summed E-state index contributed by atoms with van der Waals surface area (Å²) in [6.07, 6.45) is 7.05. The van der Waals surface area contributed by atoms with Crippen LogP contribution in [0.4, 0.5) is 0 Å². The van der Waals surface area contributed by atoms with Crippen LogP contribution in [-0.4, -0.2) is 22.1 Å². The maximum absolute atomic E-state index is 11.4. The van der Waals surface area contributed by atoms with Gasteiger partial charge >= 0.3 is 0 Å². The van der Waals surface area contributed by atoms with Gasteiger partial charge < -0.3 is 9.88 Å². The van der Waals surface area contributed by atoms with Gasteiger partial charge in [0.05, 0.1) is 0 Å². The van der Waals surface area contributed by atoms with Crippen molar-refractivity contribution in [2.75, 3.05) is 17.5 Å². The predicted octanol–water partition coefficient (Wildman–Crippen LogP) is 2.43. The highest BCUT2D eigenvalue weighted by molar-refractivity contribution is 14.1. The summed E-state index contributed by atoms with van der Waals surface area (Å²) >= 11 is 2.42. The predicted molar refractivity (Wildman–Crippen MR) is 80.9 cm³/mol. The van der Waals surface area contributed by atoms with Crippen molar-refractivity contribution in [1.82, 2.24) is 9.88 Å². The molecule has 17 heavy (non-hydrogen) atoms. The molecule has 0 aromatic carbocycles. The van der Waals surface area contributed by atoms with Crippen molar-refractivity contribution in [3.05, 3.63) is 34.7 Å². The van der Waals surface area contributed by atoms with E-state index >= 15 is 0 Å². The number of halogens is 1. The first-order valence-electron chi connectivity index (χ1n) is 6.27. The van der Waals surface area contributed by atoms with Gasteiger partial charge in [0.15, 0.2) is 0 Å². The van der Waals surface area contributed by atoms with Crippen molar-refractivity contribution < 1.29 is 0 Å². The summed E-state index contributed by atoms with van der Waals surface area (Å²) < 4.78 is 3.01. The maximum Gasteiger partial charge on any atom is 0.250 e. The van der Waals surface area contributed by atoms with Gasteiger partial charge in [-0.15, -0.1) is 0 Å². The first-order chi connectivity index (χ1) is 8.34. The zero-order chi connectivity index (χ0) is 12.3. The van der Waals surface area contributed by atoms with Crippen molar-refractivity contribution in [1.29, 1.82) is 0 Å². The number of rotatable bonds is 9. The van der Waals surface area contributed by atoms with E-state index in [1.165, 1.54) is 30.1 Å². The van der Waals surface area contributed by atoms with E-state index in [-0.39, 0.29) is 5.56 Å². The van der Waals surface area contributed by atoms with Crippen LogP contribution in [0.15, 0.2) is 29.2 Å². The Morgan fingerprint density at radius 3 is 2.71 bits per heavy atom. The first kappa shape index (κ1) is 14.7. The minimum atomic E-state index is 0.0799. The van der Waals surface area contributed by atoms with Crippen molar-refractivity contribution in [3.8, 4) is 0 Å². The van der Waals surface area contributed by atoms with E-state index in [4.69, 9.17) is 0 Å². The molecule has 0 saturated carbocycles. The lowest BCUT2D eigenvalue weighted by Crippen LogP contribution is -2.26. The molecule has 3 nitrogen and oxygen atoms in total. The maximum atomic E-state index is 11.4. The van der Waals surface area contributed by atoms with Crippen LogP contribution in [0, 0.1) is 0 Å². The summed E-state index contributed by atoms with van der Waals surface area (Å²) in [6, 6.07) is 5.27. The van der Waals surface area contributed by atoms with Gasteiger partial charge in [0.1, 0.15) is 0 Å². The Morgan fingerprint density at radius 1 is 1.12 bits per heavy atom. The van der Waals surface area contributed by atoms with Gasteiger partial charge in [-0.05, 0) is 29.9 Å². The fourth-order valence-corrected chi connectivity index (χ4v) is 2.21. The minimum Gasteiger partial charge on any atom is -0.315 e. The average Bonchev–Trinajstić information content (AvgIpc) is 2.35. The molecule has 0 amide bonds. The van der Waals surface area contributed by atoms with Crippen molar-refractivity contribution in [2.45, 2.75) is 32.2 Å². The topological polar surface area (TPSA) is 34.0 Å². The van der Waals surface area contributed by atoms with Crippen LogP contribution >= 0.6 is 22.6 Å². The molecule has 0 spiro atoms. The molecule has 0 atom stereocenters. The van der Waals surface area contributed by atoms with Crippen LogP contribution in [0.25, 0.3) is 0 Å². The second-order valence-corrected chi connectivity index (χ2v) is 5.16. The molecule has 0 aliphatic rings. The number of hydrogen-bond donors (Lipinski definition) is 1. The highest BCUT2D eigenvalue weighted by Crippen LogP contribution is 2.00. The summed E-state index contributed by atoms with van der Waals surface area (Å²) in [5.74, 6) is 0. The van der Waals surface area contributed by atoms with E-state index in [2.05, 4.69) is 27.9 Å². The standard InChI is InChI=1S/C13H21IN2O/c14-8-4-1-2-5-9-15-10-12-16-11-6-3-7-13(16)17/h3,6-7,11,15H,1-2,4-5,8-10,12H2. The van der Waals surface area contributed by atoms with E-state index in [9.17, 15) is 4.79 Å². The second-order valence-electron chi connectivity index (χ2n) is 4.09. The van der Waals surface area contributed by atoms with Gasteiger partial charge in [-0.2, -0.15) is 0 Å². The minimum absolute atomic E-state index is 0.0799. The van der Waals surface area contributed by atoms with Gasteiger partial charge in [0.25, 0.3) is 5.56 Å². The number of pyridine rings is 1. The van der Waals surface area contributed by atoms with Gasteiger partial charge in [0.2, 0.25) is 0 Å². The smallest absolute Gasteiger partial charge is 0.250 e. The van der Waals surface area contributed by atoms with Gasteiger partial charge in [-0.3, -0.25) is 4.79 Å². The van der Waals surface area contributed by atoms with Crippen LogP contribution < -0.4 is 10.9 Å². The number of alkyl halides is 1. The lowest BCUT2D eigenvalue weighted by Gasteiger charge is -2.06. The number of hydrogen-bond acceptors (Lipinski definition) is 2. The fraction of sp³-hybridized carbons (Fsp3) is 0.615. The summed E-state index contributed by atoms with van der Waals surface area (Å²) in [7, 11) is 0.